The Balaban J connectivity index is 1.60. The molecule has 7 heteroatoms. The molecule has 3 amide bonds. The summed E-state index contributed by atoms with van der Waals surface area (Å²) in [6, 6.07) is 12.4. The van der Waals surface area contributed by atoms with Crippen LogP contribution >= 0.6 is 11.6 Å². The summed E-state index contributed by atoms with van der Waals surface area (Å²) in [6.07, 6.45) is 1.42. The first kappa shape index (κ1) is 17.5. The first-order chi connectivity index (χ1) is 13.0. The van der Waals surface area contributed by atoms with Gasteiger partial charge in [0.15, 0.2) is 0 Å². The molecule has 2 aliphatic rings. The van der Waals surface area contributed by atoms with Gasteiger partial charge < -0.3 is 15.5 Å². The SMILES string of the molecule is O=C1CC(C(=O)Nc2cc(N3CCCC3=O)ccc2Cl)c2ccccc2N1. The van der Waals surface area contributed by atoms with E-state index in [2.05, 4.69) is 10.6 Å². The summed E-state index contributed by atoms with van der Waals surface area (Å²) in [6.45, 7) is 0.657. The Hall–Kier alpha value is -2.86. The van der Waals surface area contributed by atoms with Gasteiger partial charge in [-0.2, -0.15) is 0 Å². The molecule has 0 spiro atoms. The fraction of sp³-hybridized carbons (Fsp3) is 0.250. The molecule has 1 saturated heterocycles. The van der Waals surface area contributed by atoms with Crippen LogP contribution in [0.15, 0.2) is 42.5 Å². The Morgan fingerprint density at radius 2 is 2.00 bits per heavy atom. The van der Waals surface area contributed by atoms with Crippen LogP contribution in [0.5, 0.6) is 0 Å². The monoisotopic (exact) mass is 383 g/mol. The Morgan fingerprint density at radius 3 is 2.78 bits per heavy atom. The first-order valence-corrected chi connectivity index (χ1v) is 9.20. The van der Waals surface area contributed by atoms with Crippen molar-refractivity contribution in [3.8, 4) is 0 Å². The van der Waals surface area contributed by atoms with E-state index >= 15 is 0 Å². The number of rotatable bonds is 3. The maximum absolute atomic E-state index is 12.9. The fourth-order valence-corrected chi connectivity index (χ4v) is 3.73. The number of anilines is 3. The van der Waals surface area contributed by atoms with Crippen LogP contribution in [0.3, 0.4) is 0 Å². The van der Waals surface area contributed by atoms with Gasteiger partial charge in [-0.3, -0.25) is 14.4 Å². The summed E-state index contributed by atoms with van der Waals surface area (Å²) >= 11 is 6.25. The molecular formula is C20H18ClN3O3. The molecule has 138 valence electrons. The molecule has 2 aromatic rings. The lowest BCUT2D eigenvalue weighted by Crippen LogP contribution is -2.31. The van der Waals surface area contributed by atoms with Crippen molar-refractivity contribution in [3.05, 3.63) is 53.1 Å². The predicted molar refractivity (Wildman–Crippen MR) is 104 cm³/mol. The van der Waals surface area contributed by atoms with Crippen molar-refractivity contribution in [1.82, 2.24) is 0 Å². The molecule has 0 aliphatic carbocycles. The number of fused-ring (bicyclic) bond motifs is 1. The van der Waals surface area contributed by atoms with Gasteiger partial charge in [0.2, 0.25) is 17.7 Å². The van der Waals surface area contributed by atoms with E-state index in [1.165, 1.54) is 0 Å². The average molecular weight is 384 g/mol. The summed E-state index contributed by atoms with van der Waals surface area (Å²) < 4.78 is 0. The maximum Gasteiger partial charge on any atom is 0.232 e. The van der Waals surface area contributed by atoms with Gasteiger partial charge in [-0.25, -0.2) is 0 Å². The Kier molecular flexibility index (Phi) is 4.58. The molecule has 6 nitrogen and oxygen atoms in total. The number of nitrogens with one attached hydrogen (secondary N) is 2. The number of hydrogen-bond acceptors (Lipinski definition) is 3. The largest absolute Gasteiger partial charge is 0.326 e. The number of carbonyl (C=O) groups excluding carboxylic acids is 3. The smallest absolute Gasteiger partial charge is 0.232 e. The van der Waals surface area contributed by atoms with Crippen LogP contribution in [0.2, 0.25) is 5.02 Å². The highest BCUT2D eigenvalue weighted by molar-refractivity contribution is 6.34. The first-order valence-electron chi connectivity index (χ1n) is 8.82. The van der Waals surface area contributed by atoms with Gasteiger partial charge in [0.25, 0.3) is 0 Å². The van der Waals surface area contributed by atoms with Crippen molar-refractivity contribution < 1.29 is 14.4 Å². The zero-order valence-corrected chi connectivity index (χ0v) is 15.3. The van der Waals surface area contributed by atoms with E-state index in [4.69, 9.17) is 11.6 Å². The molecule has 0 saturated carbocycles. The van der Waals surface area contributed by atoms with Gasteiger partial charge in [0.05, 0.1) is 16.6 Å². The van der Waals surface area contributed by atoms with Crippen LogP contribution in [-0.4, -0.2) is 24.3 Å². The van der Waals surface area contributed by atoms with E-state index in [0.717, 1.165) is 12.0 Å². The van der Waals surface area contributed by atoms with E-state index in [-0.39, 0.29) is 24.1 Å². The lowest BCUT2D eigenvalue weighted by atomic mass is 9.90. The summed E-state index contributed by atoms with van der Waals surface area (Å²) in [5.74, 6) is -1.03. The third kappa shape index (κ3) is 3.40. The highest BCUT2D eigenvalue weighted by atomic mass is 35.5. The van der Waals surface area contributed by atoms with Crippen molar-refractivity contribution in [1.29, 1.82) is 0 Å². The number of hydrogen-bond donors (Lipinski definition) is 2. The quantitative estimate of drug-likeness (QED) is 0.851. The number of para-hydroxylation sites is 1. The number of nitrogens with zero attached hydrogens (tertiary/aromatic N) is 1. The number of amides is 3. The molecule has 2 aliphatic heterocycles. The lowest BCUT2D eigenvalue weighted by molar-refractivity contribution is -0.123. The van der Waals surface area contributed by atoms with Crippen molar-refractivity contribution in [2.75, 3.05) is 22.1 Å². The van der Waals surface area contributed by atoms with Crippen molar-refractivity contribution >= 4 is 46.4 Å². The van der Waals surface area contributed by atoms with Crippen molar-refractivity contribution in [2.24, 2.45) is 0 Å². The Bertz CT molecular complexity index is 944. The van der Waals surface area contributed by atoms with E-state index in [1.54, 1.807) is 29.2 Å². The van der Waals surface area contributed by atoms with Crippen LogP contribution in [0.25, 0.3) is 0 Å². The van der Waals surface area contributed by atoms with E-state index in [0.29, 0.717) is 35.1 Å². The summed E-state index contributed by atoms with van der Waals surface area (Å²) in [5.41, 5.74) is 2.56. The minimum Gasteiger partial charge on any atom is -0.326 e. The van der Waals surface area contributed by atoms with Crippen LogP contribution in [-0.2, 0) is 14.4 Å². The summed E-state index contributed by atoms with van der Waals surface area (Å²) in [4.78, 5) is 38.5. The fourth-order valence-electron chi connectivity index (χ4n) is 3.56. The molecular weight excluding hydrogens is 366 g/mol. The number of benzene rings is 2. The van der Waals surface area contributed by atoms with Gasteiger partial charge in [0.1, 0.15) is 0 Å². The van der Waals surface area contributed by atoms with Gasteiger partial charge in [-0.1, -0.05) is 29.8 Å². The molecule has 2 aromatic carbocycles. The maximum atomic E-state index is 12.9. The highest BCUT2D eigenvalue weighted by Crippen LogP contribution is 2.35. The predicted octanol–water partition coefficient (Wildman–Crippen LogP) is 3.53. The van der Waals surface area contributed by atoms with Crippen LogP contribution in [0.4, 0.5) is 17.1 Å². The second-order valence-corrected chi connectivity index (χ2v) is 7.10. The Labute approximate surface area is 161 Å². The summed E-state index contributed by atoms with van der Waals surface area (Å²) in [7, 11) is 0. The standard InChI is InChI=1S/C20H18ClN3O3/c21-15-8-7-12(24-9-3-6-19(24)26)10-17(15)23-20(27)14-11-18(25)22-16-5-2-1-4-13(14)16/h1-2,4-5,7-8,10,14H,3,6,9,11H2,(H,22,25)(H,23,27). The topological polar surface area (TPSA) is 78.5 Å². The van der Waals surface area contributed by atoms with Gasteiger partial charge in [-0.05, 0) is 36.2 Å². The molecule has 0 aromatic heterocycles. The van der Waals surface area contributed by atoms with Crippen molar-refractivity contribution in [3.63, 3.8) is 0 Å². The third-order valence-electron chi connectivity index (χ3n) is 4.91. The Morgan fingerprint density at radius 1 is 1.19 bits per heavy atom. The van der Waals surface area contributed by atoms with Gasteiger partial charge in [-0.15, -0.1) is 0 Å². The van der Waals surface area contributed by atoms with Crippen LogP contribution < -0.4 is 15.5 Å². The molecule has 1 atom stereocenters. The third-order valence-corrected chi connectivity index (χ3v) is 5.24. The molecule has 1 fully saturated rings. The second kappa shape index (κ2) is 7.04. The van der Waals surface area contributed by atoms with Crippen molar-refractivity contribution in [2.45, 2.75) is 25.2 Å². The van der Waals surface area contributed by atoms with Gasteiger partial charge in [0, 0.05) is 30.8 Å². The molecule has 0 radical (unpaired) electrons. The minimum atomic E-state index is -0.594. The molecule has 2 N–H and O–H groups in total. The van der Waals surface area contributed by atoms with E-state index in [9.17, 15) is 14.4 Å². The average Bonchev–Trinajstić information content (AvgIpc) is 3.08. The highest BCUT2D eigenvalue weighted by Gasteiger charge is 2.31. The lowest BCUT2D eigenvalue weighted by Gasteiger charge is -2.25. The van der Waals surface area contributed by atoms with Gasteiger partial charge >= 0.3 is 0 Å². The molecule has 27 heavy (non-hydrogen) atoms. The molecule has 1 unspecified atom stereocenters. The van der Waals surface area contributed by atoms with E-state index < -0.39 is 5.92 Å². The number of carbonyl (C=O) groups is 3. The molecule has 4 rings (SSSR count). The normalized spacial score (nSPS) is 18.9. The number of halogens is 1. The summed E-state index contributed by atoms with van der Waals surface area (Å²) in [5, 5.41) is 5.99. The van der Waals surface area contributed by atoms with Crippen LogP contribution in [0, 0.1) is 0 Å². The minimum absolute atomic E-state index is 0.0625. The zero-order chi connectivity index (χ0) is 19.0. The van der Waals surface area contributed by atoms with Crippen LogP contribution in [0.1, 0.15) is 30.7 Å². The molecule has 2 heterocycles. The second-order valence-electron chi connectivity index (χ2n) is 6.69. The zero-order valence-electron chi connectivity index (χ0n) is 14.5. The van der Waals surface area contributed by atoms with E-state index in [1.807, 2.05) is 18.2 Å². The molecule has 0 bridgehead atoms.